The van der Waals surface area contributed by atoms with Crippen LogP contribution in [0.4, 0.5) is 57.2 Å². The summed E-state index contributed by atoms with van der Waals surface area (Å²) in [6, 6.07) is 24.7. The number of likely N-dealkylation sites (tertiary alicyclic amines) is 2. The van der Waals surface area contributed by atoms with Crippen LogP contribution in [0.15, 0.2) is 72.8 Å². The van der Waals surface area contributed by atoms with Crippen molar-refractivity contribution >= 4 is 99.2 Å². The molecule has 0 radical (unpaired) electrons. The minimum Gasteiger partial charge on any atom is -0.444 e. The van der Waals surface area contributed by atoms with E-state index in [9.17, 15) is 9.59 Å². The van der Waals surface area contributed by atoms with Crippen molar-refractivity contribution in [1.82, 2.24) is 45.0 Å². The maximum atomic E-state index is 12.2. The molecule has 6 aliphatic rings. The van der Waals surface area contributed by atoms with Crippen LogP contribution in [-0.2, 0) is 23.7 Å². The van der Waals surface area contributed by atoms with Crippen LogP contribution in [0.1, 0.15) is 98.9 Å². The predicted molar refractivity (Wildman–Crippen MR) is 360 cm³/mol. The topological polar surface area (TPSA) is 291 Å². The number of nitrogen functional groups attached to an aromatic ring is 3. The summed E-state index contributed by atoms with van der Waals surface area (Å²) in [4.78, 5) is 59.6. The van der Waals surface area contributed by atoms with Crippen molar-refractivity contribution in [3.8, 4) is 0 Å². The van der Waals surface area contributed by atoms with Crippen molar-refractivity contribution in [3.05, 3.63) is 122 Å². The Morgan fingerprint density at radius 2 is 0.868 bits per heavy atom. The maximum Gasteiger partial charge on any atom is 0.410 e. The van der Waals surface area contributed by atoms with E-state index >= 15 is 0 Å². The standard InChI is InChI=1S/C24H33ClN6O3.C21H27ClN6O2.C19H25ClN6O/c1-15-10-21(29-22(26)27-15)31-8-5-9-33-14-20(31)18-7-6-16(11-19(18)25)28-17-12-30(13-17)23(32)34-24(2,3)4;1-13-8-20(26-21(23)24-13)28-6-3-7-30-12-19(28)17-5-4-15(9-18(17)22)25-16-10-27(11-16)14(2)29;1-12-7-18(25-19(21)23-12)26-5-2-6-27-11-17(26)15-4-3-13(8-16(15)20)24-14-9-22-10-14/h6-7,10-11,17,20,28H,5,8-9,12-14H2,1-4H3,(H2,26,27,29);4-5,8-9,16,19,25H,3,6-7,10-12H2,1-2H3,(H2,23,24,26);3-4,7-8,14,17,22,24H,2,5-6,9-11H2,1H3,(H2,21,23,25)/t20-;19-;17-/m111/s1. The van der Waals surface area contributed by atoms with Crippen LogP contribution in [0.2, 0.25) is 15.1 Å². The molecular formula is C64H85Cl3N18O6. The molecule has 2 amide bonds. The number of ether oxygens (including phenoxy) is 4. The Balaban J connectivity index is 0.000000151. The summed E-state index contributed by atoms with van der Waals surface area (Å²) in [5.41, 5.74) is 25.6. The van der Waals surface area contributed by atoms with Gasteiger partial charge in [-0.2, -0.15) is 15.0 Å². The molecule has 488 valence electrons. The number of nitrogens with two attached hydrogens (primary N) is 3. The Morgan fingerprint density at radius 3 is 1.16 bits per heavy atom. The summed E-state index contributed by atoms with van der Waals surface area (Å²) in [6.07, 6.45) is 2.41. The minimum absolute atomic E-state index is 0.0203. The number of amides is 2. The number of nitrogens with one attached hydrogen (secondary N) is 4. The summed E-state index contributed by atoms with van der Waals surface area (Å²) in [6.45, 7) is 23.6. The van der Waals surface area contributed by atoms with Gasteiger partial charge in [-0.05, 0) is 114 Å². The molecule has 9 heterocycles. The van der Waals surface area contributed by atoms with Crippen molar-refractivity contribution in [2.75, 3.05) is 146 Å². The lowest BCUT2D eigenvalue weighted by Gasteiger charge is -2.40. The molecule has 10 N–H and O–H groups in total. The Kier molecular flexibility index (Phi) is 21.8. The number of aryl methyl sites for hydroxylation is 3. The Bertz CT molecular complexity index is 3440. The Morgan fingerprint density at radius 1 is 0.527 bits per heavy atom. The molecule has 0 bridgehead atoms. The molecule has 3 atom stereocenters. The number of anilines is 9. The highest BCUT2D eigenvalue weighted by Gasteiger charge is 2.36. The van der Waals surface area contributed by atoms with Gasteiger partial charge in [0.25, 0.3) is 0 Å². The maximum absolute atomic E-state index is 12.2. The van der Waals surface area contributed by atoms with Gasteiger partial charge in [0.2, 0.25) is 23.8 Å². The van der Waals surface area contributed by atoms with E-state index < -0.39 is 5.60 Å². The fourth-order valence-electron chi connectivity index (χ4n) is 11.7. The Labute approximate surface area is 547 Å². The quantitative estimate of drug-likeness (QED) is 0.0601. The molecule has 24 nitrogen and oxygen atoms in total. The van der Waals surface area contributed by atoms with Crippen LogP contribution < -0.4 is 53.2 Å². The molecule has 91 heavy (non-hydrogen) atoms. The third kappa shape index (κ3) is 17.6. The number of carbonyl (C=O) groups excluding carboxylic acids is 2. The third-order valence-electron chi connectivity index (χ3n) is 16.3. The first kappa shape index (κ1) is 66.5. The fraction of sp³-hybridized carbons (Fsp3) is 0.500. The third-order valence-corrected chi connectivity index (χ3v) is 17.3. The molecule has 0 spiro atoms. The van der Waals surface area contributed by atoms with Gasteiger partial charge in [0.1, 0.15) is 23.1 Å². The van der Waals surface area contributed by atoms with Gasteiger partial charge >= 0.3 is 6.09 Å². The van der Waals surface area contributed by atoms with E-state index in [2.05, 4.69) is 78.0 Å². The first-order valence-corrected chi connectivity index (χ1v) is 32.2. The predicted octanol–water partition coefficient (Wildman–Crippen LogP) is 9.02. The first-order chi connectivity index (χ1) is 43.6. The number of benzene rings is 3. The average molecular weight is 1310 g/mol. The molecule has 27 heteroatoms. The van der Waals surface area contributed by atoms with E-state index in [-0.39, 0.29) is 60.1 Å². The van der Waals surface area contributed by atoms with Crippen LogP contribution in [0.25, 0.3) is 0 Å². The lowest BCUT2D eigenvalue weighted by molar-refractivity contribution is -0.132. The number of rotatable bonds is 12. The van der Waals surface area contributed by atoms with Gasteiger partial charge in [-0.15, -0.1) is 0 Å². The van der Waals surface area contributed by atoms with Gasteiger partial charge in [0.15, 0.2) is 0 Å². The molecular weight excluding hydrogens is 1220 g/mol. The fourth-order valence-corrected chi connectivity index (χ4v) is 12.6. The summed E-state index contributed by atoms with van der Waals surface area (Å²) in [5.74, 6) is 3.28. The van der Waals surface area contributed by atoms with Gasteiger partial charge in [0, 0.05) is 153 Å². The molecule has 0 unspecified atom stereocenters. The zero-order valence-corrected chi connectivity index (χ0v) is 55.1. The zero-order chi connectivity index (χ0) is 64.5. The van der Waals surface area contributed by atoms with Crippen LogP contribution in [0, 0.1) is 20.8 Å². The molecule has 6 saturated heterocycles. The molecule has 3 aromatic heterocycles. The molecule has 0 aliphatic carbocycles. The molecule has 6 fully saturated rings. The second-order valence-electron chi connectivity index (χ2n) is 24.8. The SMILES string of the molecule is CC(=O)N1CC(Nc2ccc([C@H]3COCCCN3c3cc(C)nc(N)n3)c(Cl)c2)C1.Cc1cc(N2CCCOC[C@@H]2c2ccc(NC3CN(C(=O)OC(C)(C)C)C3)cc2Cl)nc(N)n1.Cc1cc(N2CCCOC[C@@H]2c2ccc(NC3CNC3)cc2Cl)nc(N)n1. The van der Waals surface area contributed by atoms with E-state index in [1.807, 2.05) is 107 Å². The highest BCUT2D eigenvalue weighted by molar-refractivity contribution is 6.32. The van der Waals surface area contributed by atoms with Crippen LogP contribution in [-0.4, -0.2) is 174 Å². The monoisotopic (exact) mass is 1310 g/mol. The summed E-state index contributed by atoms with van der Waals surface area (Å²) in [5, 5.41) is 15.7. The average Bonchev–Trinajstić information content (AvgIpc) is 1.73. The van der Waals surface area contributed by atoms with Crippen molar-refractivity contribution in [2.45, 2.75) is 110 Å². The van der Waals surface area contributed by atoms with Gasteiger partial charge in [-0.3, -0.25) is 4.79 Å². The van der Waals surface area contributed by atoms with Crippen molar-refractivity contribution < 1.29 is 28.5 Å². The highest BCUT2D eigenvalue weighted by atomic mass is 35.5. The van der Waals surface area contributed by atoms with Crippen LogP contribution in [0.3, 0.4) is 0 Å². The second-order valence-corrected chi connectivity index (χ2v) is 26.0. The number of halogens is 3. The van der Waals surface area contributed by atoms with Gasteiger partial charge in [-0.25, -0.2) is 19.7 Å². The van der Waals surface area contributed by atoms with Gasteiger partial charge in [-0.1, -0.05) is 53.0 Å². The lowest BCUT2D eigenvalue weighted by Crippen LogP contribution is -2.57. The van der Waals surface area contributed by atoms with E-state index in [0.717, 1.165) is 132 Å². The van der Waals surface area contributed by atoms with E-state index in [0.29, 0.717) is 75.3 Å². The molecule has 12 rings (SSSR count). The van der Waals surface area contributed by atoms with Gasteiger partial charge < -0.3 is 81.9 Å². The van der Waals surface area contributed by atoms with Crippen LogP contribution in [0.5, 0.6) is 0 Å². The molecule has 6 aliphatic heterocycles. The minimum atomic E-state index is -0.495. The molecule has 6 aromatic rings. The highest BCUT2D eigenvalue weighted by Crippen LogP contribution is 2.39. The summed E-state index contributed by atoms with van der Waals surface area (Å²) >= 11 is 20.2. The van der Waals surface area contributed by atoms with Crippen LogP contribution >= 0.6 is 34.8 Å². The number of aromatic nitrogens is 6. The molecule has 3 aromatic carbocycles. The lowest BCUT2D eigenvalue weighted by atomic mass is 10.0. The largest absolute Gasteiger partial charge is 0.444 e. The van der Waals surface area contributed by atoms with E-state index in [4.69, 9.17) is 71.0 Å². The normalized spacial score (nSPS) is 20.0. The van der Waals surface area contributed by atoms with Crippen molar-refractivity contribution in [2.24, 2.45) is 0 Å². The summed E-state index contributed by atoms with van der Waals surface area (Å²) < 4.78 is 23.0. The van der Waals surface area contributed by atoms with Crippen molar-refractivity contribution in [3.63, 3.8) is 0 Å². The Hall–Kier alpha value is -7.45. The number of carbonyl (C=O) groups is 2. The summed E-state index contributed by atoms with van der Waals surface area (Å²) in [7, 11) is 0. The van der Waals surface area contributed by atoms with E-state index in [1.54, 1.807) is 11.8 Å². The van der Waals surface area contributed by atoms with Gasteiger partial charge in [0.05, 0.1) is 56.1 Å². The zero-order valence-electron chi connectivity index (χ0n) is 52.9. The smallest absolute Gasteiger partial charge is 0.410 e. The number of hydrogen-bond acceptors (Lipinski definition) is 22. The second kappa shape index (κ2) is 29.9. The molecule has 0 saturated carbocycles. The van der Waals surface area contributed by atoms with Crippen molar-refractivity contribution in [1.29, 1.82) is 0 Å². The number of hydrogen-bond donors (Lipinski definition) is 7. The van der Waals surface area contributed by atoms with E-state index in [1.165, 1.54) is 0 Å². The first-order valence-electron chi connectivity index (χ1n) is 31.1. The number of nitrogens with zero attached hydrogens (tertiary/aromatic N) is 11.